The average molecular weight is 442 g/mol. The van der Waals surface area contributed by atoms with Crippen LogP contribution in [0.1, 0.15) is 41.6 Å². The van der Waals surface area contributed by atoms with Crippen molar-refractivity contribution in [3.8, 4) is 5.75 Å². The molecule has 0 aromatic heterocycles. The molecule has 0 radical (unpaired) electrons. The number of carbonyl (C=O) groups excluding carboxylic acids is 1. The van der Waals surface area contributed by atoms with Gasteiger partial charge >= 0.3 is 6.36 Å². The first-order valence-corrected chi connectivity index (χ1v) is 10.9. The topological polar surface area (TPSA) is 84.5 Å². The SMILES string of the molecule is O=C(NCc1ccc(OC(F)(F)F)cc1)c1cccc(S(=O)(=O)NC2CCCC2)c1. The molecule has 1 amide bonds. The third-order valence-corrected chi connectivity index (χ3v) is 6.21. The van der Waals surface area contributed by atoms with Gasteiger partial charge in [-0.25, -0.2) is 13.1 Å². The number of hydrogen-bond donors (Lipinski definition) is 2. The van der Waals surface area contributed by atoms with Crippen LogP contribution < -0.4 is 14.8 Å². The van der Waals surface area contributed by atoms with E-state index in [2.05, 4.69) is 14.8 Å². The molecule has 0 saturated heterocycles. The smallest absolute Gasteiger partial charge is 0.406 e. The molecule has 1 aliphatic rings. The third-order valence-electron chi connectivity index (χ3n) is 4.69. The second-order valence-electron chi connectivity index (χ2n) is 7.00. The van der Waals surface area contributed by atoms with Gasteiger partial charge in [-0.2, -0.15) is 0 Å². The lowest BCUT2D eigenvalue weighted by molar-refractivity contribution is -0.274. The normalized spacial score (nSPS) is 15.2. The zero-order valence-corrected chi connectivity index (χ0v) is 16.7. The summed E-state index contributed by atoms with van der Waals surface area (Å²) in [4.78, 5) is 12.4. The van der Waals surface area contributed by atoms with E-state index >= 15 is 0 Å². The summed E-state index contributed by atoms with van der Waals surface area (Å²) in [6.45, 7) is 0.0580. The van der Waals surface area contributed by atoms with Gasteiger partial charge in [0.1, 0.15) is 5.75 Å². The van der Waals surface area contributed by atoms with Gasteiger partial charge < -0.3 is 10.1 Å². The van der Waals surface area contributed by atoms with Crippen LogP contribution in [0.25, 0.3) is 0 Å². The van der Waals surface area contributed by atoms with Crippen molar-refractivity contribution in [1.82, 2.24) is 10.0 Å². The van der Waals surface area contributed by atoms with Gasteiger partial charge in [0.15, 0.2) is 0 Å². The number of nitrogens with one attached hydrogen (secondary N) is 2. The predicted octanol–water partition coefficient (Wildman–Crippen LogP) is 3.74. The lowest BCUT2D eigenvalue weighted by Crippen LogP contribution is -2.32. The van der Waals surface area contributed by atoms with E-state index in [0.717, 1.165) is 37.8 Å². The summed E-state index contributed by atoms with van der Waals surface area (Å²) in [5.41, 5.74) is 0.728. The highest BCUT2D eigenvalue weighted by atomic mass is 32.2. The lowest BCUT2D eigenvalue weighted by atomic mass is 10.2. The van der Waals surface area contributed by atoms with Crippen molar-refractivity contribution in [2.45, 2.75) is 49.5 Å². The van der Waals surface area contributed by atoms with Crippen LogP contribution in [-0.4, -0.2) is 26.7 Å². The molecular formula is C20H21F3N2O4S. The highest BCUT2D eigenvalue weighted by molar-refractivity contribution is 7.89. The van der Waals surface area contributed by atoms with Crippen molar-refractivity contribution in [2.75, 3.05) is 0 Å². The fourth-order valence-electron chi connectivity index (χ4n) is 3.23. The molecule has 2 aromatic rings. The number of sulfonamides is 1. The third kappa shape index (κ3) is 6.20. The van der Waals surface area contributed by atoms with Crippen LogP contribution in [0.4, 0.5) is 13.2 Å². The Morgan fingerprint density at radius 3 is 2.37 bits per heavy atom. The van der Waals surface area contributed by atoms with E-state index < -0.39 is 22.3 Å². The molecule has 2 aromatic carbocycles. The first-order chi connectivity index (χ1) is 14.1. The summed E-state index contributed by atoms with van der Waals surface area (Å²) >= 11 is 0. The van der Waals surface area contributed by atoms with Crippen LogP contribution in [-0.2, 0) is 16.6 Å². The number of hydrogen-bond acceptors (Lipinski definition) is 4. The van der Waals surface area contributed by atoms with Crippen LogP contribution in [0.3, 0.4) is 0 Å². The molecular weight excluding hydrogens is 421 g/mol. The summed E-state index contributed by atoms with van der Waals surface area (Å²) in [6.07, 6.45) is -1.20. The van der Waals surface area contributed by atoms with Crippen molar-refractivity contribution in [3.05, 3.63) is 59.7 Å². The van der Waals surface area contributed by atoms with E-state index in [1.165, 1.54) is 36.4 Å². The summed E-state index contributed by atoms with van der Waals surface area (Å²) < 4.78 is 68.1. The highest BCUT2D eigenvalue weighted by Gasteiger charge is 2.31. The zero-order valence-electron chi connectivity index (χ0n) is 15.9. The molecule has 30 heavy (non-hydrogen) atoms. The van der Waals surface area contributed by atoms with E-state index in [0.29, 0.717) is 5.56 Å². The molecule has 162 valence electrons. The largest absolute Gasteiger partial charge is 0.573 e. The summed E-state index contributed by atoms with van der Waals surface area (Å²) in [5.74, 6) is -0.853. The van der Waals surface area contributed by atoms with Crippen molar-refractivity contribution >= 4 is 15.9 Å². The van der Waals surface area contributed by atoms with Gasteiger partial charge in [-0.1, -0.05) is 31.0 Å². The zero-order chi connectivity index (χ0) is 21.8. The molecule has 0 aliphatic heterocycles. The van der Waals surface area contributed by atoms with Crippen molar-refractivity contribution in [1.29, 1.82) is 0 Å². The number of rotatable bonds is 7. The molecule has 0 spiro atoms. The Morgan fingerprint density at radius 1 is 1.07 bits per heavy atom. The van der Waals surface area contributed by atoms with Gasteiger partial charge in [-0.15, -0.1) is 13.2 Å². The quantitative estimate of drug-likeness (QED) is 0.684. The van der Waals surface area contributed by atoms with E-state index in [1.54, 1.807) is 0 Å². The predicted molar refractivity (Wildman–Crippen MR) is 103 cm³/mol. The Labute approximate surface area is 172 Å². The summed E-state index contributed by atoms with van der Waals surface area (Å²) in [7, 11) is -3.72. The fraction of sp³-hybridized carbons (Fsp3) is 0.350. The summed E-state index contributed by atoms with van der Waals surface area (Å²) in [6, 6.07) is 10.7. The Bertz CT molecular complexity index is 986. The van der Waals surface area contributed by atoms with Gasteiger partial charge in [0.05, 0.1) is 4.90 Å². The minimum Gasteiger partial charge on any atom is -0.406 e. The Balaban J connectivity index is 1.61. The Hall–Kier alpha value is -2.59. The Kier molecular flexibility index (Phi) is 6.67. The van der Waals surface area contributed by atoms with Gasteiger partial charge in [-0.3, -0.25) is 4.79 Å². The van der Waals surface area contributed by atoms with E-state index in [9.17, 15) is 26.4 Å². The van der Waals surface area contributed by atoms with Crippen LogP contribution in [0.15, 0.2) is 53.4 Å². The van der Waals surface area contributed by atoms with Crippen molar-refractivity contribution in [2.24, 2.45) is 0 Å². The second kappa shape index (κ2) is 9.05. The molecule has 2 N–H and O–H groups in total. The van der Waals surface area contributed by atoms with Gasteiger partial charge in [-0.05, 0) is 48.7 Å². The van der Waals surface area contributed by atoms with E-state index in [4.69, 9.17) is 0 Å². The standard InChI is InChI=1S/C20H21F3N2O4S/c21-20(22,23)29-17-10-8-14(9-11-17)13-24-19(26)15-4-3-7-18(12-15)30(27,28)25-16-5-1-2-6-16/h3-4,7-12,16,25H,1-2,5-6,13H2,(H,24,26). The van der Waals surface area contributed by atoms with Crippen molar-refractivity contribution in [3.63, 3.8) is 0 Å². The lowest BCUT2D eigenvalue weighted by Gasteiger charge is -2.13. The highest BCUT2D eigenvalue weighted by Crippen LogP contribution is 2.23. The number of benzene rings is 2. The molecule has 0 unspecified atom stereocenters. The molecule has 1 aliphatic carbocycles. The maximum atomic E-state index is 12.5. The first-order valence-electron chi connectivity index (χ1n) is 9.38. The van der Waals surface area contributed by atoms with Gasteiger partial charge in [0.25, 0.3) is 5.91 Å². The minimum absolute atomic E-state index is 0.00991. The molecule has 1 saturated carbocycles. The minimum atomic E-state index is -4.77. The number of alkyl halides is 3. The van der Waals surface area contributed by atoms with Crippen LogP contribution in [0.2, 0.25) is 0 Å². The molecule has 0 bridgehead atoms. The van der Waals surface area contributed by atoms with Gasteiger partial charge in [0, 0.05) is 18.2 Å². The molecule has 0 heterocycles. The molecule has 0 atom stereocenters. The molecule has 1 fully saturated rings. The maximum absolute atomic E-state index is 12.5. The van der Waals surface area contributed by atoms with Crippen LogP contribution in [0.5, 0.6) is 5.75 Å². The van der Waals surface area contributed by atoms with Crippen molar-refractivity contribution < 1.29 is 31.1 Å². The van der Waals surface area contributed by atoms with E-state index in [1.807, 2.05) is 0 Å². The van der Waals surface area contributed by atoms with Crippen LogP contribution >= 0.6 is 0 Å². The van der Waals surface area contributed by atoms with Crippen LogP contribution in [0, 0.1) is 0 Å². The fourth-order valence-corrected chi connectivity index (χ4v) is 4.58. The molecule has 6 nitrogen and oxygen atoms in total. The van der Waals surface area contributed by atoms with E-state index in [-0.39, 0.29) is 28.8 Å². The average Bonchev–Trinajstić information content (AvgIpc) is 3.18. The summed E-state index contributed by atoms with van der Waals surface area (Å²) in [5, 5.41) is 2.62. The number of amides is 1. The molecule has 10 heteroatoms. The monoisotopic (exact) mass is 442 g/mol. The molecule has 3 rings (SSSR count). The number of ether oxygens (including phenoxy) is 1. The second-order valence-corrected chi connectivity index (χ2v) is 8.72. The maximum Gasteiger partial charge on any atom is 0.573 e. The number of halogens is 3. The number of carbonyl (C=O) groups is 1. The van der Waals surface area contributed by atoms with Gasteiger partial charge in [0.2, 0.25) is 10.0 Å². The Morgan fingerprint density at radius 2 is 1.73 bits per heavy atom. The first kappa shape index (κ1) is 22.1.